The van der Waals surface area contributed by atoms with Gasteiger partial charge >= 0.3 is 5.97 Å². The van der Waals surface area contributed by atoms with Crippen LogP contribution < -0.4 is 4.90 Å². The molecule has 2 N–H and O–H groups in total. The third-order valence-electron chi connectivity index (χ3n) is 3.28. The van der Waals surface area contributed by atoms with Gasteiger partial charge in [-0.2, -0.15) is 0 Å². The Hall–Kier alpha value is -1.62. The van der Waals surface area contributed by atoms with Crippen molar-refractivity contribution in [2.24, 2.45) is 5.92 Å². The second-order valence-corrected chi connectivity index (χ2v) is 4.43. The van der Waals surface area contributed by atoms with Crippen molar-refractivity contribution in [2.75, 3.05) is 18.0 Å². The number of aromatic carboxylic acids is 1. The number of hydrogen-bond donors (Lipinski definition) is 2. The molecule has 2 unspecified atom stereocenters. The van der Waals surface area contributed by atoms with Crippen LogP contribution in [-0.2, 0) is 0 Å². The molecule has 1 aliphatic rings. The van der Waals surface area contributed by atoms with Crippen LogP contribution in [0, 0.1) is 5.92 Å². The molecule has 1 saturated heterocycles. The zero-order valence-electron chi connectivity index (χ0n) is 9.71. The van der Waals surface area contributed by atoms with Crippen LogP contribution in [0.4, 0.5) is 5.69 Å². The maximum absolute atomic E-state index is 11.1. The summed E-state index contributed by atoms with van der Waals surface area (Å²) in [5.74, 6) is -0.751. The highest BCUT2D eigenvalue weighted by Gasteiger charge is 2.28. The van der Waals surface area contributed by atoms with Crippen molar-refractivity contribution in [3.63, 3.8) is 0 Å². The molecule has 0 aliphatic carbocycles. The molecule has 1 aromatic rings. The van der Waals surface area contributed by atoms with Crippen LogP contribution >= 0.6 is 0 Å². The predicted octanol–water partition coefficient (Wildman–Crippen LogP) is 0.987. The lowest BCUT2D eigenvalue weighted by atomic mass is 10.0. The van der Waals surface area contributed by atoms with Crippen molar-refractivity contribution >= 4 is 11.7 Å². The maximum atomic E-state index is 11.1. The Morgan fingerprint density at radius 2 is 2.41 bits per heavy atom. The van der Waals surface area contributed by atoms with E-state index < -0.39 is 5.97 Å². The molecule has 5 nitrogen and oxygen atoms in total. The van der Waals surface area contributed by atoms with E-state index in [1.807, 2.05) is 4.90 Å². The Labute approximate surface area is 99.7 Å². The molecule has 1 aliphatic heterocycles. The lowest BCUT2D eigenvalue weighted by Gasteiger charge is -2.21. The standard InChI is InChI=1S/C12H16N2O3/c1-8(15)9-3-5-14(7-9)11-2-4-13-6-10(11)12(16)17/h2,4,6,8-9,15H,3,5,7H2,1H3,(H,16,17). The van der Waals surface area contributed by atoms with E-state index in [2.05, 4.69) is 4.98 Å². The second kappa shape index (κ2) is 4.71. The molecule has 2 heterocycles. The van der Waals surface area contributed by atoms with Crippen molar-refractivity contribution in [2.45, 2.75) is 19.4 Å². The molecule has 2 atom stereocenters. The summed E-state index contributed by atoms with van der Waals surface area (Å²) < 4.78 is 0. The van der Waals surface area contributed by atoms with E-state index in [0.717, 1.165) is 13.0 Å². The van der Waals surface area contributed by atoms with Crippen LogP contribution in [0.15, 0.2) is 18.5 Å². The molecule has 1 fully saturated rings. The number of nitrogens with zero attached hydrogens (tertiary/aromatic N) is 2. The van der Waals surface area contributed by atoms with Gasteiger partial charge < -0.3 is 15.1 Å². The maximum Gasteiger partial charge on any atom is 0.339 e. The van der Waals surface area contributed by atoms with E-state index in [1.165, 1.54) is 6.20 Å². The molecular weight excluding hydrogens is 220 g/mol. The number of aromatic nitrogens is 1. The highest BCUT2D eigenvalue weighted by molar-refractivity contribution is 5.94. The number of pyridine rings is 1. The molecule has 0 spiro atoms. The van der Waals surface area contributed by atoms with Gasteiger partial charge in [0.25, 0.3) is 0 Å². The van der Waals surface area contributed by atoms with Gasteiger partial charge in [0.1, 0.15) is 5.56 Å². The largest absolute Gasteiger partial charge is 0.478 e. The first-order chi connectivity index (χ1) is 8.09. The smallest absolute Gasteiger partial charge is 0.339 e. The molecule has 5 heteroatoms. The molecule has 92 valence electrons. The minimum atomic E-state index is -0.964. The lowest BCUT2D eigenvalue weighted by molar-refractivity contribution is 0.0697. The van der Waals surface area contributed by atoms with Gasteiger partial charge in [0.2, 0.25) is 0 Å². The summed E-state index contributed by atoms with van der Waals surface area (Å²) in [6.07, 6.45) is 3.50. The topological polar surface area (TPSA) is 73.7 Å². The second-order valence-electron chi connectivity index (χ2n) is 4.43. The van der Waals surface area contributed by atoms with Gasteiger partial charge in [-0.3, -0.25) is 4.98 Å². The number of aliphatic hydroxyl groups excluding tert-OH is 1. The monoisotopic (exact) mass is 236 g/mol. The summed E-state index contributed by atoms with van der Waals surface area (Å²) in [7, 11) is 0. The van der Waals surface area contributed by atoms with Crippen molar-refractivity contribution in [1.82, 2.24) is 4.98 Å². The van der Waals surface area contributed by atoms with Gasteiger partial charge in [-0.25, -0.2) is 4.79 Å². The van der Waals surface area contributed by atoms with E-state index in [9.17, 15) is 9.90 Å². The van der Waals surface area contributed by atoms with Gasteiger partial charge in [0.15, 0.2) is 0 Å². The van der Waals surface area contributed by atoms with E-state index in [1.54, 1.807) is 19.2 Å². The van der Waals surface area contributed by atoms with E-state index in [-0.39, 0.29) is 17.6 Å². The van der Waals surface area contributed by atoms with E-state index in [4.69, 9.17) is 5.11 Å². The number of carbonyl (C=O) groups is 1. The van der Waals surface area contributed by atoms with Crippen molar-refractivity contribution in [3.05, 3.63) is 24.0 Å². The van der Waals surface area contributed by atoms with Crippen LogP contribution in [-0.4, -0.2) is 40.4 Å². The molecule has 0 radical (unpaired) electrons. The SMILES string of the molecule is CC(O)C1CCN(c2ccncc2C(=O)O)C1. The van der Waals surface area contributed by atoms with Crippen molar-refractivity contribution < 1.29 is 15.0 Å². The summed E-state index contributed by atoms with van der Waals surface area (Å²) in [4.78, 5) is 16.9. The van der Waals surface area contributed by atoms with E-state index in [0.29, 0.717) is 12.2 Å². The fraction of sp³-hybridized carbons (Fsp3) is 0.500. The third kappa shape index (κ3) is 2.39. The zero-order chi connectivity index (χ0) is 12.4. The Morgan fingerprint density at radius 3 is 3.00 bits per heavy atom. The van der Waals surface area contributed by atoms with Crippen LogP contribution in [0.2, 0.25) is 0 Å². The highest BCUT2D eigenvalue weighted by Crippen LogP contribution is 2.27. The number of anilines is 1. The Bertz CT molecular complexity index is 420. The first-order valence-corrected chi connectivity index (χ1v) is 5.70. The summed E-state index contributed by atoms with van der Waals surface area (Å²) in [5.41, 5.74) is 0.911. The number of carboxylic acids is 1. The quantitative estimate of drug-likeness (QED) is 0.818. The van der Waals surface area contributed by atoms with E-state index >= 15 is 0 Å². The first-order valence-electron chi connectivity index (χ1n) is 5.70. The number of hydrogen-bond acceptors (Lipinski definition) is 4. The average Bonchev–Trinajstić information content (AvgIpc) is 2.78. The first kappa shape index (κ1) is 11.9. The number of aliphatic hydroxyl groups is 1. The van der Waals surface area contributed by atoms with Crippen molar-refractivity contribution in [1.29, 1.82) is 0 Å². The number of rotatable bonds is 3. The Balaban J connectivity index is 2.21. The normalized spacial score (nSPS) is 21.5. The zero-order valence-corrected chi connectivity index (χ0v) is 9.71. The van der Waals surface area contributed by atoms with Gasteiger partial charge in [-0.05, 0) is 19.4 Å². The molecule has 0 bridgehead atoms. The lowest BCUT2D eigenvalue weighted by Crippen LogP contribution is -2.25. The van der Waals surface area contributed by atoms with Crippen LogP contribution in [0.1, 0.15) is 23.7 Å². The molecule has 0 saturated carbocycles. The van der Waals surface area contributed by atoms with Crippen LogP contribution in [0.5, 0.6) is 0 Å². The summed E-state index contributed by atoms with van der Waals surface area (Å²) in [6.45, 7) is 3.25. The van der Waals surface area contributed by atoms with Crippen LogP contribution in [0.3, 0.4) is 0 Å². The fourth-order valence-electron chi connectivity index (χ4n) is 2.23. The molecule has 2 rings (SSSR count). The van der Waals surface area contributed by atoms with Gasteiger partial charge in [-0.1, -0.05) is 0 Å². The summed E-state index contributed by atoms with van der Waals surface area (Å²) >= 11 is 0. The van der Waals surface area contributed by atoms with Gasteiger partial charge in [-0.15, -0.1) is 0 Å². The molecule has 1 aromatic heterocycles. The predicted molar refractivity (Wildman–Crippen MR) is 63.2 cm³/mol. The Kier molecular flexibility index (Phi) is 3.28. The summed E-state index contributed by atoms with van der Waals surface area (Å²) in [6, 6.07) is 1.72. The highest BCUT2D eigenvalue weighted by atomic mass is 16.4. The van der Waals surface area contributed by atoms with Gasteiger partial charge in [0, 0.05) is 31.4 Å². The molecular formula is C12H16N2O3. The number of carboxylic acid groups (broad SMARTS) is 1. The van der Waals surface area contributed by atoms with Crippen molar-refractivity contribution in [3.8, 4) is 0 Å². The van der Waals surface area contributed by atoms with Gasteiger partial charge in [0.05, 0.1) is 11.8 Å². The Morgan fingerprint density at radius 1 is 1.65 bits per heavy atom. The molecule has 0 aromatic carbocycles. The minimum absolute atomic E-state index is 0.213. The minimum Gasteiger partial charge on any atom is -0.478 e. The molecule has 17 heavy (non-hydrogen) atoms. The average molecular weight is 236 g/mol. The molecule has 0 amide bonds. The summed E-state index contributed by atoms with van der Waals surface area (Å²) in [5, 5.41) is 18.6. The fourth-order valence-corrected chi connectivity index (χ4v) is 2.23. The third-order valence-corrected chi connectivity index (χ3v) is 3.28. The van der Waals surface area contributed by atoms with Crippen LogP contribution in [0.25, 0.3) is 0 Å².